The smallest absolute Gasteiger partial charge is 0.0487 e. The Hall–Kier alpha value is -0.120. The van der Waals surface area contributed by atoms with Crippen LogP contribution in [0, 0.1) is 0 Å². The second kappa shape index (κ2) is 11.0. The molecule has 0 fully saturated rings. The van der Waals surface area contributed by atoms with E-state index in [0.717, 1.165) is 45.8 Å². The molecule has 0 saturated heterocycles. The van der Waals surface area contributed by atoms with Crippen LogP contribution in [0.2, 0.25) is 0 Å². The van der Waals surface area contributed by atoms with E-state index in [1.807, 2.05) is 0 Å². The van der Waals surface area contributed by atoms with Crippen LogP contribution < -0.4 is 5.32 Å². The lowest BCUT2D eigenvalue weighted by atomic mass is 10.1. The van der Waals surface area contributed by atoms with Crippen LogP contribution >= 0.6 is 0 Å². The maximum absolute atomic E-state index is 5.53. The standard InChI is InChI=1S/C14H31NO2/c1-5-6-10-16-12-8-13-17-11-7-9-15-14(2,3)4/h15H,5-13H2,1-4H3. The van der Waals surface area contributed by atoms with Crippen molar-refractivity contribution in [1.29, 1.82) is 0 Å². The first-order valence-electron chi connectivity index (χ1n) is 6.97. The number of hydrogen-bond donors (Lipinski definition) is 1. The fraction of sp³-hybridized carbons (Fsp3) is 1.00. The minimum absolute atomic E-state index is 0.215. The normalized spacial score (nSPS) is 12.0. The van der Waals surface area contributed by atoms with Gasteiger partial charge in [-0.25, -0.2) is 0 Å². The van der Waals surface area contributed by atoms with Gasteiger partial charge in [0.1, 0.15) is 0 Å². The van der Waals surface area contributed by atoms with Gasteiger partial charge < -0.3 is 14.8 Å². The third-order valence-electron chi connectivity index (χ3n) is 2.34. The molecule has 0 amide bonds. The second-order valence-electron chi connectivity index (χ2n) is 5.46. The number of rotatable bonds is 11. The van der Waals surface area contributed by atoms with Gasteiger partial charge in [-0.3, -0.25) is 0 Å². The third kappa shape index (κ3) is 15.9. The Bertz CT molecular complexity index is 155. The quantitative estimate of drug-likeness (QED) is 0.568. The summed E-state index contributed by atoms with van der Waals surface area (Å²) < 4.78 is 11.0. The predicted octanol–water partition coefficient (Wildman–Crippen LogP) is 2.99. The number of hydrogen-bond acceptors (Lipinski definition) is 3. The van der Waals surface area contributed by atoms with Crippen LogP contribution in [0.4, 0.5) is 0 Å². The Morgan fingerprint density at radius 3 is 1.88 bits per heavy atom. The van der Waals surface area contributed by atoms with Crippen LogP contribution in [-0.4, -0.2) is 38.5 Å². The van der Waals surface area contributed by atoms with Crippen molar-refractivity contribution >= 4 is 0 Å². The van der Waals surface area contributed by atoms with Crippen molar-refractivity contribution in [2.45, 2.75) is 58.9 Å². The van der Waals surface area contributed by atoms with Gasteiger partial charge in [-0.2, -0.15) is 0 Å². The zero-order chi connectivity index (χ0) is 13.0. The molecule has 0 aromatic heterocycles. The molecule has 0 bridgehead atoms. The largest absolute Gasteiger partial charge is 0.381 e. The van der Waals surface area contributed by atoms with Crippen molar-refractivity contribution in [3.63, 3.8) is 0 Å². The summed E-state index contributed by atoms with van der Waals surface area (Å²) in [4.78, 5) is 0. The van der Waals surface area contributed by atoms with Crippen LogP contribution in [0.15, 0.2) is 0 Å². The Balaban J connectivity index is 2.99. The zero-order valence-electron chi connectivity index (χ0n) is 12.2. The molecule has 1 N–H and O–H groups in total. The molecule has 0 radical (unpaired) electrons. The third-order valence-corrected chi connectivity index (χ3v) is 2.34. The number of ether oxygens (including phenoxy) is 2. The average molecular weight is 245 g/mol. The van der Waals surface area contributed by atoms with Gasteiger partial charge >= 0.3 is 0 Å². The highest BCUT2D eigenvalue weighted by molar-refractivity contribution is 4.69. The van der Waals surface area contributed by atoms with Crippen molar-refractivity contribution in [2.24, 2.45) is 0 Å². The Morgan fingerprint density at radius 2 is 1.35 bits per heavy atom. The minimum Gasteiger partial charge on any atom is -0.381 e. The molecule has 0 heterocycles. The van der Waals surface area contributed by atoms with Crippen LogP contribution in [0.1, 0.15) is 53.4 Å². The molecule has 17 heavy (non-hydrogen) atoms. The lowest BCUT2D eigenvalue weighted by molar-refractivity contribution is 0.0803. The molecule has 0 aromatic carbocycles. The lowest BCUT2D eigenvalue weighted by Crippen LogP contribution is -2.36. The van der Waals surface area contributed by atoms with Crippen LogP contribution in [0.3, 0.4) is 0 Å². The molecular weight excluding hydrogens is 214 g/mol. The van der Waals surface area contributed by atoms with Gasteiger partial charge in [0, 0.05) is 32.0 Å². The molecule has 0 atom stereocenters. The fourth-order valence-electron chi connectivity index (χ4n) is 1.35. The molecule has 0 spiro atoms. The first-order valence-corrected chi connectivity index (χ1v) is 6.97. The molecule has 0 aromatic rings. The molecule has 0 saturated carbocycles. The summed E-state index contributed by atoms with van der Waals surface area (Å²) in [5.41, 5.74) is 0.215. The van der Waals surface area contributed by atoms with E-state index < -0.39 is 0 Å². The van der Waals surface area contributed by atoms with Crippen molar-refractivity contribution in [1.82, 2.24) is 5.32 Å². The van der Waals surface area contributed by atoms with Gasteiger partial charge in [0.05, 0.1) is 0 Å². The summed E-state index contributed by atoms with van der Waals surface area (Å²) in [7, 11) is 0. The van der Waals surface area contributed by atoms with Crippen LogP contribution in [0.5, 0.6) is 0 Å². The molecule has 3 heteroatoms. The summed E-state index contributed by atoms with van der Waals surface area (Å²) in [6, 6.07) is 0. The van der Waals surface area contributed by atoms with E-state index in [2.05, 4.69) is 33.0 Å². The minimum atomic E-state index is 0.215. The maximum Gasteiger partial charge on any atom is 0.0487 e. The summed E-state index contributed by atoms with van der Waals surface area (Å²) in [5, 5.41) is 3.44. The summed E-state index contributed by atoms with van der Waals surface area (Å²) in [5.74, 6) is 0. The van der Waals surface area contributed by atoms with Crippen molar-refractivity contribution in [3.8, 4) is 0 Å². The highest BCUT2D eigenvalue weighted by atomic mass is 16.5. The van der Waals surface area contributed by atoms with E-state index in [1.54, 1.807) is 0 Å². The predicted molar refractivity (Wildman–Crippen MR) is 73.5 cm³/mol. The Labute approximate surface area is 107 Å². The highest BCUT2D eigenvalue weighted by Gasteiger charge is 2.06. The van der Waals surface area contributed by atoms with E-state index >= 15 is 0 Å². The lowest BCUT2D eigenvalue weighted by Gasteiger charge is -2.20. The van der Waals surface area contributed by atoms with Gasteiger partial charge in [-0.1, -0.05) is 13.3 Å². The summed E-state index contributed by atoms with van der Waals surface area (Å²) >= 11 is 0. The average Bonchev–Trinajstić information content (AvgIpc) is 2.24. The molecule has 3 nitrogen and oxygen atoms in total. The molecular formula is C14H31NO2. The molecule has 104 valence electrons. The topological polar surface area (TPSA) is 30.5 Å². The fourth-order valence-corrected chi connectivity index (χ4v) is 1.35. The molecule has 0 aliphatic carbocycles. The number of nitrogens with one attached hydrogen (secondary N) is 1. The van der Waals surface area contributed by atoms with E-state index in [-0.39, 0.29) is 5.54 Å². The van der Waals surface area contributed by atoms with E-state index in [9.17, 15) is 0 Å². The SMILES string of the molecule is CCCCOCCCOCCCNC(C)(C)C. The Morgan fingerprint density at radius 1 is 0.824 bits per heavy atom. The zero-order valence-corrected chi connectivity index (χ0v) is 12.2. The van der Waals surface area contributed by atoms with Crippen LogP contribution in [0.25, 0.3) is 0 Å². The van der Waals surface area contributed by atoms with E-state index in [0.29, 0.717) is 0 Å². The van der Waals surface area contributed by atoms with Gasteiger partial charge in [-0.15, -0.1) is 0 Å². The van der Waals surface area contributed by atoms with Gasteiger partial charge in [-0.05, 0) is 46.6 Å². The molecule has 0 rings (SSSR count). The first kappa shape index (κ1) is 16.9. The van der Waals surface area contributed by atoms with Crippen molar-refractivity contribution in [3.05, 3.63) is 0 Å². The molecule has 0 aliphatic rings. The van der Waals surface area contributed by atoms with E-state index in [1.165, 1.54) is 12.8 Å². The molecule has 0 aliphatic heterocycles. The van der Waals surface area contributed by atoms with Crippen molar-refractivity contribution < 1.29 is 9.47 Å². The highest BCUT2D eigenvalue weighted by Crippen LogP contribution is 1.98. The first-order chi connectivity index (χ1) is 8.06. The monoisotopic (exact) mass is 245 g/mol. The number of unbranched alkanes of at least 4 members (excludes halogenated alkanes) is 1. The van der Waals surface area contributed by atoms with Gasteiger partial charge in [0.2, 0.25) is 0 Å². The van der Waals surface area contributed by atoms with Crippen molar-refractivity contribution in [2.75, 3.05) is 33.0 Å². The molecule has 0 unspecified atom stereocenters. The van der Waals surface area contributed by atoms with E-state index in [4.69, 9.17) is 9.47 Å². The Kier molecular flexibility index (Phi) is 10.9. The van der Waals surface area contributed by atoms with Gasteiger partial charge in [0.15, 0.2) is 0 Å². The summed E-state index contributed by atoms with van der Waals surface area (Å²) in [6.45, 7) is 13.1. The van der Waals surface area contributed by atoms with Gasteiger partial charge in [0.25, 0.3) is 0 Å². The summed E-state index contributed by atoms with van der Waals surface area (Å²) in [6.07, 6.45) is 4.46. The van der Waals surface area contributed by atoms with Crippen LogP contribution in [-0.2, 0) is 9.47 Å². The maximum atomic E-state index is 5.53. The second-order valence-corrected chi connectivity index (χ2v) is 5.46.